The van der Waals surface area contributed by atoms with Crippen LogP contribution in [0.3, 0.4) is 0 Å². The molecule has 7 nitrogen and oxygen atoms in total. The zero-order valence-corrected chi connectivity index (χ0v) is 17.9. The molecular weight excluding hydrogens is 414 g/mol. The lowest BCUT2D eigenvalue weighted by atomic mass is 9.84. The standard InChI is InChI=1S/C20H26ClN3O4S/c21-18-7-6-16(29(27,28)24-8-1-2-9-24)14-17(18)20(26)23-12-10-22(11-13-23)19(25)15-4-3-5-15/h6-7,14-15H,1-5,8-13H2. The summed E-state index contributed by atoms with van der Waals surface area (Å²) in [5, 5.41) is 0.239. The van der Waals surface area contributed by atoms with Gasteiger partial charge in [-0.25, -0.2) is 8.42 Å². The van der Waals surface area contributed by atoms with Gasteiger partial charge in [0.1, 0.15) is 0 Å². The molecule has 3 aliphatic rings. The Balaban J connectivity index is 1.47. The summed E-state index contributed by atoms with van der Waals surface area (Å²) in [4.78, 5) is 29.0. The fourth-order valence-electron chi connectivity index (χ4n) is 4.12. The number of carbonyl (C=O) groups is 2. The van der Waals surface area contributed by atoms with E-state index in [-0.39, 0.29) is 33.2 Å². The molecule has 0 bridgehead atoms. The quantitative estimate of drug-likeness (QED) is 0.720. The molecule has 0 N–H and O–H groups in total. The summed E-state index contributed by atoms with van der Waals surface area (Å²) in [7, 11) is -3.62. The molecule has 29 heavy (non-hydrogen) atoms. The Labute approximate surface area is 176 Å². The lowest BCUT2D eigenvalue weighted by Crippen LogP contribution is -2.52. The molecule has 2 aliphatic heterocycles. The number of halogens is 1. The zero-order valence-electron chi connectivity index (χ0n) is 16.3. The van der Waals surface area contributed by atoms with E-state index in [0.29, 0.717) is 39.3 Å². The maximum Gasteiger partial charge on any atom is 0.255 e. The third kappa shape index (κ3) is 4.02. The van der Waals surface area contributed by atoms with Gasteiger partial charge >= 0.3 is 0 Å². The molecule has 0 aromatic heterocycles. The van der Waals surface area contributed by atoms with Gasteiger partial charge in [-0.3, -0.25) is 9.59 Å². The lowest BCUT2D eigenvalue weighted by molar-refractivity contribution is -0.139. The largest absolute Gasteiger partial charge is 0.339 e. The topological polar surface area (TPSA) is 78.0 Å². The molecule has 0 radical (unpaired) electrons. The summed E-state index contributed by atoms with van der Waals surface area (Å²) in [6.45, 7) is 2.87. The number of hydrogen-bond acceptors (Lipinski definition) is 4. The highest BCUT2D eigenvalue weighted by Gasteiger charge is 2.33. The third-order valence-electron chi connectivity index (χ3n) is 6.20. The Morgan fingerprint density at radius 2 is 1.52 bits per heavy atom. The van der Waals surface area contributed by atoms with Crippen molar-refractivity contribution in [2.45, 2.75) is 37.0 Å². The van der Waals surface area contributed by atoms with Crippen LogP contribution in [0.2, 0.25) is 5.02 Å². The number of piperazine rings is 1. The monoisotopic (exact) mass is 439 g/mol. The van der Waals surface area contributed by atoms with E-state index in [1.54, 1.807) is 4.90 Å². The molecule has 3 fully saturated rings. The van der Waals surface area contributed by atoms with Gasteiger partial charge in [0.2, 0.25) is 15.9 Å². The van der Waals surface area contributed by atoms with Crippen molar-refractivity contribution in [3.8, 4) is 0 Å². The molecular formula is C20H26ClN3O4S. The van der Waals surface area contributed by atoms with Gasteiger partial charge in [-0.1, -0.05) is 18.0 Å². The first-order valence-corrected chi connectivity index (χ1v) is 12.1. The predicted molar refractivity (Wildman–Crippen MR) is 109 cm³/mol. The van der Waals surface area contributed by atoms with Crippen LogP contribution in [0.1, 0.15) is 42.5 Å². The number of rotatable bonds is 4. The van der Waals surface area contributed by atoms with E-state index in [0.717, 1.165) is 32.1 Å². The van der Waals surface area contributed by atoms with Crippen LogP contribution >= 0.6 is 11.6 Å². The minimum absolute atomic E-state index is 0.103. The average molecular weight is 440 g/mol. The Morgan fingerprint density at radius 1 is 0.897 bits per heavy atom. The van der Waals surface area contributed by atoms with Crippen LogP contribution in [0.25, 0.3) is 0 Å². The van der Waals surface area contributed by atoms with Gasteiger partial charge in [-0.2, -0.15) is 4.31 Å². The number of benzene rings is 1. The van der Waals surface area contributed by atoms with Gasteiger partial charge in [0.25, 0.3) is 5.91 Å². The molecule has 2 saturated heterocycles. The molecule has 1 aliphatic carbocycles. The number of carbonyl (C=O) groups excluding carboxylic acids is 2. The SMILES string of the molecule is O=C(c1cc(S(=O)(=O)N2CCCC2)ccc1Cl)N1CCN(C(=O)C2CCC2)CC1. The van der Waals surface area contributed by atoms with Crippen LogP contribution in [0, 0.1) is 5.92 Å². The van der Waals surface area contributed by atoms with Crippen molar-refractivity contribution in [2.24, 2.45) is 5.92 Å². The van der Waals surface area contributed by atoms with Gasteiger partial charge < -0.3 is 9.80 Å². The summed E-state index contributed by atoms with van der Waals surface area (Å²) in [6.07, 6.45) is 4.74. The van der Waals surface area contributed by atoms with E-state index in [1.807, 2.05) is 4.90 Å². The first-order valence-electron chi connectivity index (χ1n) is 10.3. The fraction of sp³-hybridized carbons (Fsp3) is 0.600. The molecule has 0 atom stereocenters. The first-order chi connectivity index (χ1) is 13.9. The van der Waals surface area contributed by atoms with Crippen molar-refractivity contribution < 1.29 is 18.0 Å². The highest BCUT2D eigenvalue weighted by Crippen LogP contribution is 2.29. The average Bonchev–Trinajstić information content (AvgIpc) is 3.22. The second-order valence-electron chi connectivity index (χ2n) is 8.00. The van der Waals surface area contributed by atoms with Crippen molar-refractivity contribution >= 4 is 33.4 Å². The summed E-state index contributed by atoms with van der Waals surface area (Å²) < 4.78 is 27.1. The van der Waals surface area contributed by atoms with Crippen LogP contribution in [0.15, 0.2) is 23.1 Å². The highest BCUT2D eigenvalue weighted by molar-refractivity contribution is 7.89. The van der Waals surface area contributed by atoms with E-state index in [1.165, 1.54) is 22.5 Å². The molecule has 1 aromatic carbocycles. The molecule has 9 heteroatoms. The van der Waals surface area contributed by atoms with Crippen LogP contribution < -0.4 is 0 Å². The number of hydrogen-bond donors (Lipinski definition) is 0. The maximum absolute atomic E-state index is 13.0. The number of sulfonamides is 1. The smallest absolute Gasteiger partial charge is 0.255 e. The number of amides is 2. The maximum atomic E-state index is 13.0. The van der Waals surface area contributed by atoms with Crippen LogP contribution in [-0.4, -0.2) is 73.6 Å². The lowest BCUT2D eigenvalue weighted by Gasteiger charge is -2.38. The Bertz CT molecular complexity index is 902. The molecule has 158 valence electrons. The first kappa shape index (κ1) is 20.6. The second kappa shape index (κ2) is 8.24. The normalized spacial score (nSPS) is 21.3. The van der Waals surface area contributed by atoms with E-state index >= 15 is 0 Å². The summed E-state index contributed by atoms with van der Waals surface area (Å²) >= 11 is 6.25. The minimum atomic E-state index is -3.62. The summed E-state index contributed by atoms with van der Waals surface area (Å²) in [5.74, 6) is 0.0588. The molecule has 1 aromatic rings. The molecule has 2 amide bonds. The summed E-state index contributed by atoms with van der Waals surface area (Å²) in [5.41, 5.74) is 0.200. The van der Waals surface area contributed by atoms with E-state index in [2.05, 4.69) is 0 Å². The highest BCUT2D eigenvalue weighted by atomic mass is 35.5. The van der Waals surface area contributed by atoms with Crippen LogP contribution in [-0.2, 0) is 14.8 Å². The molecule has 0 spiro atoms. The number of nitrogens with zero attached hydrogens (tertiary/aromatic N) is 3. The Hall–Kier alpha value is -1.64. The van der Waals surface area contributed by atoms with Gasteiger partial charge in [0.15, 0.2) is 0 Å². The molecule has 0 unspecified atom stereocenters. The van der Waals surface area contributed by atoms with Crippen LogP contribution in [0.4, 0.5) is 0 Å². The molecule has 1 saturated carbocycles. The molecule has 2 heterocycles. The van der Waals surface area contributed by atoms with Gasteiger partial charge in [0.05, 0.1) is 15.5 Å². The van der Waals surface area contributed by atoms with E-state index in [4.69, 9.17) is 11.6 Å². The van der Waals surface area contributed by atoms with Crippen LogP contribution in [0.5, 0.6) is 0 Å². The van der Waals surface area contributed by atoms with E-state index < -0.39 is 10.0 Å². The Morgan fingerprint density at radius 3 is 2.10 bits per heavy atom. The Kier molecular flexibility index (Phi) is 5.86. The van der Waals surface area contributed by atoms with Crippen molar-refractivity contribution in [1.82, 2.24) is 14.1 Å². The fourth-order valence-corrected chi connectivity index (χ4v) is 5.86. The second-order valence-corrected chi connectivity index (χ2v) is 10.3. The molecule has 4 rings (SSSR count). The van der Waals surface area contributed by atoms with Gasteiger partial charge in [-0.15, -0.1) is 0 Å². The predicted octanol–water partition coefficient (Wildman–Crippen LogP) is 2.21. The zero-order chi connectivity index (χ0) is 20.6. The summed E-state index contributed by atoms with van der Waals surface area (Å²) in [6, 6.07) is 4.33. The minimum Gasteiger partial charge on any atom is -0.339 e. The third-order valence-corrected chi connectivity index (χ3v) is 8.43. The van der Waals surface area contributed by atoms with E-state index in [9.17, 15) is 18.0 Å². The van der Waals surface area contributed by atoms with Crippen molar-refractivity contribution in [2.75, 3.05) is 39.3 Å². The van der Waals surface area contributed by atoms with Gasteiger partial charge in [-0.05, 0) is 43.9 Å². The van der Waals surface area contributed by atoms with Crippen molar-refractivity contribution in [1.29, 1.82) is 0 Å². The van der Waals surface area contributed by atoms with Crippen molar-refractivity contribution in [3.63, 3.8) is 0 Å². The van der Waals surface area contributed by atoms with Crippen molar-refractivity contribution in [3.05, 3.63) is 28.8 Å². The van der Waals surface area contributed by atoms with Gasteiger partial charge in [0, 0.05) is 45.2 Å².